The van der Waals surface area contributed by atoms with Crippen molar-refractivity contribution in [3.63, 3.8) is 0 Å². The van der Waals surface area contributed by atoms with E-state index in [4.69, 9.17) is 8.85 Å². The van der Waals surface area contributed by atoms with E-state index in [1.54, 1.807) is 4.57 Å². The van der Waals surface area contributed by atoms with Crippen molar-refractivity contribution in [1.82, 2.24) is 9.55 Å². The van der Waals surface area contributed by atoms with E-state index in [1.807, 2.05) is 66.7 Å². The molecule has 0 N–H and O–H groups in total. The van der Waals surface area contributed by atoms with Crippen LogP contribution in [0.4, 0.5) is 35.9 Å². The van der Waals surface area contributed by atoms with Crippen LogP contribution in [0.5, 0.6) is 11.5 Å². The molecule has 3 heterocycles. The van der Waals surface area contributed by atoms with Crippen molar-refractivity contribution < 1.29 is 43.1 Å². The summed E-state index contributed by atoms with van der Waals surface area (Å²) in [5, 5.41) is 1.70. The van der Waals surface area contributed by atoms with Gasteiger partial charge < -0.3 is 19.1 Å². The molecular formula is C52H44F3N4OPt-3. The number of fused-ring (bicyclic) bond motifs is 4. The monoisotopic (exact) mass is 995 g/mol. The molecule has 0 spiro atoms. The van der Waals surface area contributed by atoms with E-state index in [0.717, 1.165) is 51.2 Å². The van der Waals surface area contributed by atoms with E-state index in [1.165, 1.54) is 35.5 Å². The van der Waals surface area contributed by atoms with Crippen molar-refractivity contribution in [3.8, 4) is 28.4 Å². The number of aryl methyl sites for hydroxylation is 1. The minimum Gasteiger partial charge on any atom is -0.509 e. The summed E-state index contributed by atoms with van der Waals surface area (Å²) < 4.78 is 74.6. The van der Waals surface area contributed by atoms with E-state index < -0.39 is 18.6 Å². The van der Waals surface area contributed by atoms with E-state index in [9.17, 15) is 13.2 Å². The minimum atomic E-state index is -4.60. The van der Waals surface area contributed by atoms with Crippen LogP contribution < -0.4 is 14.5 Å². The fourth-order valence-electron chi connectivity index (χ4n) is 7.71. The zero-order valence-electron chi connectivity index (χ0n) is 37.4. The minimum absolute atomic E-state index is 0. The normalized spacial score (nSPS) is 14.1. The van der Waals surface area contributed by atoms with Crippen LogP contribution in [0, 0.1) is 25.7 Å². The van der Waals surface area contributed by atoms with Gasteiger partial charge in [-0.25, -0.2) is 4.98 Å². The predicted octanol–water partition coefficient (Wildman–Crippen LogP) is 14.6. The van der Waals surface area contributed by atoms with Crippen molar-refractivity contribution in [1.29, 1.82) is 0 Å². The molecule has 0 radical (unpaired) electrons. The Bertz CT molecular complexity index is 3020. The number of rotatable bonds is 6. The zero-order valence-corrected chi connectivity index (χ0v) is 36.7. The quantitative estimate of drug-likeness (QED) is 0.155. The molecule has 1 aliphatic rings. The van der Waals surface area contributed by atoms with E-state index >= 15 is 0 Å². The van der Waals surface area contributed by atoms with Crippen LogP contribution in [0.25, 0.3) is 38.8 Å². The number of aromatic nitrogens is 2. The molecular weight excluding hydrogens is 949 g/mol. The van der Waals surface area contributed by atoms with Crippen LogP contribution in [-0.2, 0) is 38.1 Å². The van der Waals surface area contributed by atoms with Gasteiger partial charge in [-0.2, -0.15) is 25.3 Å². The Labute approximate surface area is 373 Å². The second-order valence-corrected chi connectivity index (χ2v) is 17.2. The SMILES string of the molecule is [2H]C([2H])([2H])c1cc(-n2c3[c-]c(Oc4[c-]c(N5[CH-]N(c6cc(C(C)(C)C)cc(C(C)(C)C)c6)c6ccccc65)ccc4)ccc3c3ccccc32)ncc1-c1cccc(C(F)(F)F)c1.[Pt]. The summed E-state index contributed by atoms with van der Waals surface area (Å²) >= 11 is 0. The number of hydrogen-bond donors (Lipinski definition) is 0. The van der Waals surface area contributed by atoms with Gasteiger partial charge in [0, 0.05) is 71.0 Å². The molecule has 1 aliphatic heterocycles. The van der Waals surface area contributed by atoms with Crippen molar-refractivity contribution in [3.05, 3.63) is 175 Å². The van der Waals surface area contributed by atoms with E-state index in [-0.39, 0.29) is 54.4 Å². The molecule has 0 unspecified atom stereocenters. The summed E-state index contributed by atoms with van der Waals surface area (Å²) in [6, 6.07) is 45.2. The first-order chi connectivity index (χ1) is 29.7. The Morgan fingerprint density at radius 2 is 1.33 bits per heavy atom. The first kappa shape index (κ1) is 38.1. The maximum atomic E-state index is 13.7. The van der Waals surface area contributed by atoms with Gasteiger partial charge >= 0.3 is 6.18 Å². The fourth-order valence-corrected chi connectivity index (χ4v) is 7.71. The van der Waals surface area contributed by atoms with E-state index in [0.29, 0.717) is 17.0 Å². The predicted molar refractivity (Wildman–Crippen MR) is 237 cm³/mol. The first-order valence-corrected chi connectivity index (χ1v) is 19.8. The Kier molecular flexibility index (Phi) is 9.72. The third-order valence-corrected chi connectivity index (χ3v) is 11.0. The smallest absolute Gasteiger partial charge is 0.416 e. The molecule has 8 aromatic rings. The summed E-state index contributed by atoms with van der Waals surface area (Å²) in [6.45, 7) is 12.8. The van der Waals surface area contributed by atoms with Crippen molar-refractivity contribution >= 4 is 44.6 Å². The van der Waals surface area contributed by atoms with Crippen LogP contribution in [0.2, 0.25) is 0 Å². The Morgan fingerprint density at radius 3 is 2.03 bits per heavy atom. The molecule has 0 amide bonds. The summed E-state index contributed by atoms with van der Waals surface area (Å²) in [5.41, 5.74) is 6.74. The summed E-state index contributed by atoms with van der Waals surface area (Å²) in [6.07, 6.45) is -3.27. The number of hydrogen-bond acceptors (Lipinski definition) is 4. The topological polar surface area (TPSA) is 33.5 Å². The number of ether oxygens (including phenoxy) is 1. The second-order valence-electron chi connectivity index (χ2n) is 17.2. The van der Waals surface area contributed by atoms with Crippen LogP contribution >= 0.6 is 0 Å². The van der Waals surface area contributed by atoms with Gasteiger partial charge in [-0.1, -0.05) is 95.6 Å². The van der Waals surface area contributed by atoms with Crippen LogP contribution in [-0.4, -0.2) is 9.55 Å². The number of benzene rings is 6. The second kappa shape index (κ2) is 15.6. The summed E-state index contributed by atoms with van der Waals surface area (Å²) in [4.78, 5) is 8.99. The number of anilines is 4. The number of para-hydroxylation sites is 3. The standard InChI is InChI=1S/C52H44F3N4O.Pt/c1-33-24-49(56-31-44(33)34-14-12-15-35(25-34)52(53,54)55)59-45-19-9-8-18-42(45)43-23-22-41(30-48(43)59)60-40-17-13-16-38(29-40)57-32-58(47-21-11-10-20-46(47)57)39-27-36(50(2,3)4)26-37(28-39)51(5,6)7;/h8-28,31-32H,1-7H3;/q-3;/i1D3;. The molecule has 0 saturated heterocycles. The number of halogens is 3. The number of pyridine rings is 1. The Hall–Kier alpha value is -5.85. The molecule has 0 aliphatic carbocycles. The third-order valence-electron chi connectivity index (χ3n) is 11.0. The van der Waals surface area contributed by atoms with Gasteiger partial charge in [0.25, 0.3) is 0 Å². The molecule has 0 saturated carbocycles. The number of alkyl halides is 3. The number of nitrogens with zero attached hydrogens (tertiary/aromatic N) is 4. The molecule has 61 heavy (non-hydrogen) atoms. The zero-order chi connectivity index (χ0) is 44.6. The fraction of sp³-hybridized carbons (Fsp3) is 0.192. The largest absolute Gasteiger partial charge is 0.509 e. The Balaban J connectivity index is 0.00000560. The average Bonchev–Trinajstić information content (AvgIpc) is 3.78. The molecule has 2 aromatic heterocycles. The molecule has 6 aromatic carbocycles. The maximum absolute atomic E-state index is 13.7. The molecule has 0 bridgehead atoms. The van der Waals surface area contributed by atoms with Crippen molar-refractivity contribution in [2.45, 2.75) is 65.4 Å². The van der Waals surface area contributed by atoms with Gasteiger partial charge in [-0.15, -0.1) is 48.1 Å². The van der Waals surface area contributed by atoms with Gasteiger partial charge in [0.1, 0.15) is 5.82 Å². The Morgan fingerprint density at radius 1 is 0.656 bits per heavy atom. The van der Waals surface area contributed by atoms with Gasteiger partial charge in [0.15, 0.2) is 0 Å². The van der Waals surface area contributed by atoms with Gasteiger partial charge in [-0.05, 0) is 93.9 Å². The summed E-state index contributed by atoms with van der Waals surface area (Å²) in [5.74, 6) is 1.10. The molecule has 0 fully saturated rings. The maximum Gasteiger partial charge on any atom is 0.416 e. The first-order valence-electron chi connectivity index (χ1n) is 21.3. The molecule has 0 atom stereocenters. The van der Waals surface area contributed by atoms with Gasteiger partial charge in [0.2, 0.25) is 0 Å². The molecule has 312 valence electrons. The van der Waals surface area contributed by atoms with Crippen LogP contribution in [0.3, 0.4) is 0 Å². The van der Waals surface area contributed by atoms with Crippen molar-refractivity contribution in [2.75, 3.05) is 9.80 Å². The third kappa shape index (κ3) is 7.94. The van der Waals surface area contributed by atoms with E-state index in [2.05, 4.69) is 105 Å². The molecule has 5 nitrogen and oxygen atoms in total. The van der Waals surface area contributed by atoms with Crippen molar-refractivity contribution in [2.24, 2.45) is 0 Å². The molecule has 9 rings (SSSR count). The summed E-state index contributed by atoms with van der Waals surface area (Å²) in [7, 11) is 0. The van der Waals surface area contributed by atoms with Gasteiger partial charge in [0.05, 0.1) is 5.56 Å². The molecule has 9 heteroatoms. The van der Waals surface area contributed by atoms with Crippen LogP contribution in [0.1, 0.15) is 67.9 Å². The van der Waals surface area contributed by atoms with Gasteiger partial charge in [-0.3, -0.25) is 0 Å². The van der Waals surface area contributed by atoms with Crippen LogP contribution in [0.15, 0.2) is 134 Å². The average molecular weight is 996 g/mol.